The standard InChI is InChI=1S/C23H33N3O4S2/c1-6-23(4,5)25-22(28)21(17(2)3)26(16-18-11-10-14-31-18)20(27)15-24-32(29,30)19-12-8-7-9-13-19/h7-14,17,21,24H,6,15-16H2,1-5H3,(H,25,28). The quantitative estimate of drug-likeness (QED) is 0.516. The maximum Gasteiger partial charge on any atom is 0.243 e. The summed E-state index contributed by atoms with van der Waals surface area (Å²) >= 11 is 1.48. The second kappa shape index (κ2) is 11.1. The summed E-state index contributed by atoms with van der Waals surface area (Å²) in [4.78, 5) is 28.9. The van der Waals surface area contributed by atoms with E-state index in [4.69, 9.17) is 0 Å². The summed E-state index contributed by atoms with van der Waals surface area (Å²) in [5, 5.41) is 4.94. The van der Waals surface area contributed by atoms with Crippen LogP contribution in [0.5, 0.6) is 0 Å². The number of amides is 2. The molecule has 1 unspecified atom stereocenters. The molecule has 2 N–H and O–H groups in total. The van der Waals surface area contributed by atoms with Gasteiger partial charge >= 0.3 is 0 Å². The Kier molecular flexibility index (Phi) is 9.00. The second-order valence-corrected chi connectivity index (χ2v) is 11.5. The Balaban J connectivity index is 2.27. The van der Waals surface area contributed by atoms with E-state index in [0.717, 1.165) is 11.3 Å². The van der Waals surface area contributed by atoms with Crippen LogP contribution in [0.1, 0.15) is 45.9 Å². The van der Waals surface area contributed by atoms with Gasteiger partial charge in [-0.05, 0) is 49.8 Å². The molecule has 0 aliphatic rings. The molecule has 0 fully saturated rings. The molecule has 0 saturated heterocycles. The van der Waals surface area contributed by atoms with Gasteiger partial charge in [0, 0.05) is 10.4 Å². The minimum Gasteiger partial charge on any atom is -0.349 e. The van der Waals surface area contributed by atoms with Crippen molar-refractivity contribution in [3.8, 4) is 0 Å². The molecule has 32 heavy (non-hydrogen) atoms. The molecule has 0 aliphatic carbocycles. The Hall–Kier alpha value is -2.23. The molecule has 1 atom stereocenters. The number of hydrogen-bond acceptors (Lipinski definition) is 5. The molecule has 1 aromatic carbocycles. The second-order valence-electron chi connectivity index (χ2n) is 8.65. The van der Waals surface area contributed by atoms with Crippen molar-refractivity contribution >= 4 is 33.2 Å². The molecule has 9 heteroatoms. The van der Waals surface area contributed by atoms with Crippen molar-refractivity contribution in [3.63, 3.8) is 0 Å². The van der Waals surface area contributed by atoms with Gasteiger partial charge in [0.25, 0.3) is 0 Å². The van der Waals surface area contributed by atoms with Gasteiger partial charge in [-0.15, -0.1) is 11.3 Å². The van der Waals surface area contributed by atoms with Gasteiger partial charge in [-0.2, -0.15) is 0 Å². The van der Waals surface area contributed by atoms with Gasteiger partial charge in [-0.3, -0.25) is 9.59 Å². The summed E-state index contributed by atoms with van der Waals surface area (Å²) < 4.78 is 27.5. The largest absolute Gasteiger partial charge is 0.349 e. The average molecular weight is 480 g/mol. The lowest BCUT2D eigenvalue weighted by Crippen LogP contribution is -2.57. The predicted octanol–water partition coefficient (Wildman–Crippen LogP) is 3.38. The fourth-order valence-electron chi connectivity index (χ4n) is 3.15. The van der Waals surface area contributed by atoms with Crippen molar-refractivity contribution in [2.24, 2.45) is 5.92 Å². The van der Waals surface area contributed by atoms with Crippen molar-refractivity contribution in [2.45, 2.75) is 64.1 Å². The Bertz CT molecular complexity index is 988. The Morgan fingerprint density at radius 2 is 1.75 bits per heavy atom. The lowest BCUT2D eigenvalue weighted by molar-refractivity contribution is -0.142. The highest BCUT2D eigenvalue weighted by Gasteiger charge is 2.35. The zero-order chi connectivity index (χ0) is 23.9. The van der Waals surface area contributed by atoms with Crippen LogP contribution in [-0.4, -0.2) is 43.3 Å². The molecule has 0 spiro atoms. The first-order chi connectivity index (χ1) is 15.0. The third-order valence-electron chi connectivity index (χ3n) is 5.27. The third-order valence-corrected chi connectivity index (χ3v) is 7.55. The summed E-state index contributed by atoms with van der Waals surface area (Å²) in [5.74, 6) is -0.874. The molecular weight excluding hydrogens is 446 g/mol. The van der Waals surface area contributed by atoms with Crippen molar-refractivity contribution in [1.29, 1.82) is 0 Å². The zero-order valence-corrected chi connectivity index (χ0v) is 20.9. The molecule has 2 aromatic rings. The highest BCUT2D eigenvalue weighted by atomic mass is 32.2. The van der Waals surface area contributed by atoms with Crippen molar-refractivity contribution in [3.05, 3.63) is 52.7 Å². The van der Waals surface area contributed by atoms with E-state index in [2.05, 4.69) is 10.0 Å². The van der Waals surface area contributed by atoms with Gasteiger partial charge < -0.3 is 10.2 Å². The van der Waals surface area contributed by atoms with E-state index in [1.165, 1.54) is 28.4 Å². The molecule has 1 heterocycles. The number of hydrogen-bond donors (Lipinski definition) is 2. The number of rotatable bonds is 11. The summed E-state index contributed by atoms with van der Waals surface area (Å²) in [5.41, 5.74) is -0.420. The highest BCUT2D eigenvalue weighted by molar-refractivity contribution is 7.89. The van der Waals surface area contributed by atoms with Gasteiger partial charge in [0.2, 0.25) is 21.8 Å². The Labute approximate surface area is 195 Å². The summed E-state index contributed by atoms with van der Waals surface area (Å²) in [6.45, 7) is 9.40. The topological polar surface area (TPSA) is 95.6 Å². The van der Waals surface area contributed by atoms with Crippen LogP contribution in [0, 0.1) is 5.92 Å². The molecule has 0 saturated carbocycles. The van der Waals surface area contributed by atoms with Crippen LogP contribution < -0.4 is 10.0 Å². The summed E-state index contributed by atoms with van der Waals surface area (Å²) in [6.07, 6.45) is 0.735. The van der Waals surface area contributed by atoms with Crippen LogP contribution in [0.15, 0.2) is 52.7 Å². The van der Waals surface area contributed by atoms with Gasteiger partial charge in [-0.1, -0.05) is 45.0 Å². The van der Waals surface area contributed by atoms with Crippen LogP contribution in [0.2, 0.25) is 0 Å². The molecule has 0 bridgehead atoms. The van der Waals surface area contributed by atoms with Gasteiger partial charge in [0.1, 0.15) is 6.04 Å². The van der Waals surface area contributed by atoms with Crippen LogP contribution in [-0.2, 0) is 26.2 Å². The molecule has 2 rings (SSSR count). The molecule has 0 radical (unpaired) electrons. The Morgan fingerprint density at radius 1 is 1.09 bits per heavy atom. The molecule has 7 nitrogen and oxygen atoms in total. The van der Waals surface area contributed by atoms with Crippen molar-refractivity contribution in [2.75, 3.05) is 6.54 Å². The average Bonchev–Trinajstić information content (AvgIpc) is 3.25. The van der Waals surface area contributed by atoms with E-state index in [9.17, 15) is 18.0 Å². The number of benzene rings is 1. The Morgan fingerprint density at radius 3 is 2.28 bits per heavy atom. The zero-order valence-electron chi connectivity index (χ0n) is 19.3. The van der Waals surface area contributed by atoms with Crippen molar-refractivity contribution < 1.29 is 18.0 Å². The van der Waals surface area contributed by atoms with Crippen molar-refractivity contribution in [1.82, 2.24) is 14.9 Å². The number of nitrogens with zero attached hydrogens (tertiary/aromatic N) is 1. The van der Waals surface area contributed by atoms with Gasteiger partial charge in [0.15, 0.2) is 0 Å². The van der Waals surface area contributed by atoms with Gasteiger partial charge in [-0.25, -0.2) is 13.1 Å². The minimum atomic E-state index is -3.85. The molecule has 1 aromatic heterocycles. The normalized spacial score (nSPS) is 13.1. The molecule has 176 valence electrons. The first kappa shape index (κ1) is 26.0. The fraction of sp³-hybridized carbons (Fsp3) is 0.478. The first-order valence-corrected chi connectivity index (χ1v) is 13.0. The number of carbonyl (C=O) groups excluding carboxylic acids is 2. The number of thiophene rings is 1. The first-order valence-electron chi connectivity index (χ1n) is 10.7. The minimum absolute atomic E-state index is 0.0838. The lowest BCUT2D eigenvalue weighted by atomic mass is 9.97. The van der Waals surface area contributed by atoms with Crippen LogP contribution in [0.4, 0.5) is 0 Å². The third kappa shape index (κ3) is 7.15. The number of carbonyl (C=O) groups is 2. The lowest BCUT2D eigenvalue weighted by Gasteiger charge is -2.36. The predicted molar refractivity (Wildman–Crippen MR) is 128 cm³/mol. The van der Waals surface area contributed by atoms with E-state index < -0.39 is 34.1 Å². The van der Waals surface area contributed by atoms with E-state index in [1.54, 1.807) is 18.2 Å². The van der Waals surface area contributed by atoms with E-state index in [1.807, 2.05) is 52.1 Å². The molecular formula is C23H33N3O4S2. The molecule has 2 amide bonds. The van der Waals surface area contributed by atoms with Crippen LogP contribution in [0.25, 0.3) is 0 Å². The van der Waals surface area contributed by atoms with E-state index in [-0.39, 0.29) is 23.3 Å². The number of sulfonamides is 1. The highest BCUT2D eigenvalue weighted by Crippen LogP contribution is 2.20. The van der Waals surface area contributed by atoms with Gasteiger partial charge in [0.05, 0.1) is 18.0 Å². The maximum absolute atomic E-state index is 13.3. The smallest absolute Gasteiger partial charge is 0.243 e. The monoisotopic (exact) mass is 479 g/mol. The van der Waals surface area contributed by atoms with Crippen LogP contribution in [0.3, 0.4) is 0 Å². The SMILES string of the molecule is CCC(C)(C)NC(=O)C(C(C)C)N(Cc1cccs1)C(=O)CNS(=O)(=O)c1ccccc1. The molecule has 0 aliphatic heterocycles. The van der Waals surface area contributed by atoms with E-state index in [0.29, 0.717) is 0 Å². The summed E-state index contributed by atoms with van der Waals surface area (Å²) in [7, 11) is -3.85. The maximum atomic E-state index is 13.3. The fourth-order valence-corrected chi connectivity index (χ4v) is 4.85. The van der Waals surface area contributed by atoms with E-state index >= 15 is 0 Å². The summed E-state index contributed by atoms with van der Waals surface area (Å²) in [6, 6.07) is 10.9. The van der Waals surface area contributed by atoms with Crippen LogP contribution >= 0.6 is 11.3 Å². The number of nitrogens with one attached hydrogen (secondary N) is 2.